The maximum absolute atomic E-state index is 10.6. The Kier molecular flexibility index (Phi) is 3.20. The number of hydrogen-bond acceptors (Lipinski definition) is 3. The molecule has 0 aliphatic rings. The molecule has 0 atom stereocenters. The summed E-state index contributed by atoms with van der Waals surface area (Å²) in [6.45, 7) is 5.72. The Hall–Kier alpha value is -1.64. The topological polar surface area (TPSA) is 39.2 Å². The van der Waals surface area contributed by atoms with Crippen molar-refractivity contribution >= 4 is 6.29 Å². The van der Waals surface area contributed by atoms with E-state index in [1.807, 2.05) is 6.92 Å². The Morgan fingerprint density at radius 3 is 3.00 bits per heavy atom. The van der Waals surface area contributed by atoms with Gasteiger partial charge in [-0.25, -0.2) is 4.98 Å². The molecule has 13 heavy (non-hydrogen) atoms. The van der Waals surface area contributed by atoms with Crippen LogP contribution >= 0.6 is 0 Å². The zero-order valence-corrected chi connectivity index (χ0v) is 7.49. The molecule has 0 fully saturated rings. The summed E-state index contributed by atoms with van der Waals surface area (Å²) in [7, 11) is 0. The van der Waals surface area contributed by atoms with Crippen LogP contribution in [0.5, 0.6) is 5.75 Å². The molecule has 0 amide bonds. The van der Waals surface area contributed by atoms with Gasteiger partial charge in [0.15, 0.2) is 6.29 Å². The average molecular weight is 177 g/mol. The van der Waals surface area contributed by atoms with E-state index in [0.717, 1.165) is 5.69 Å². The largest absolute Gasteiger partial charge is 0.487 e. The third kappa shape index (κ3) is 2.40. The minimum Gasteiger partial charge on any atom is -0.487 e. The number of nitrogens with zero attached hydrogens (tertiary/aromatic N) is 1. The zero-order chi connectivity index (χ0) is 9.68. The summed E-state index contributed by atoms with van der Waals surface area (Å²) in [5.41, 5.74) is 1.13. The molecule has 0 aliphatic carbocycles. The summed E-state index contributed by atoms with van der Waals surface area (Å²) < 4.78 is 5.22. The summed E-state index contributed by atoms with van der Waals surface area (Å²) in [6.07, 6.45) is 2.31. The van der Waals surface area contributed by atoms with Crippen LogP contribution in [0.4, 0.5) is 0 Å². The second-order valence-electron chi connectivity index (χ2n) is 2.55. The van der Waals surface area contributed by atoms with E-state index in [1.54, 1.807) is 18.2 Å². The van der Waals surface area contributed by atoms with Crippen molar-refractivity contribution in [3.63, 3.8) is 0 Å². The van der Waals surface area contributed by atoms with Gasteiger partial charge in [-0.15, -0.1) is 0 Å². The first-order chi connectivity index (χ1) is 6.27. The smallest absolute Gasteiger partial charge is 0.172 e. The molecule has 0 bridgehead atoms. The van der Waals surface area contributed by atoms with Crippen LogP contribution in [-0.2, 0) is 0 Å². The molecule has 1 aromatic rings. The van der Waals surface area contributed by atoms with Crippen molar-refractivity contribution in [2.24, 2.45) is 0 Å². The van der Waals surface area contributed by atoms with Crippen molar-refractivity contribution in [2.45, 2.75) is 6.92 Å². The molecule has 0 saturated heterocycles. The molecule has 1 rings (SSSR count). The summed E-state index contributed by atoms with van der Waals surface area (Å²) in [5.74, 6) is 0.500. The number of aryl methyl sites for hydroxylation is 1. The molecule has 1 aromatic heterocycles. The lowest BCUT2D eigenvalue weighted by molar-refractivity contribution is 0.111. The standard InChI is InChI=1S/C10H11NO2/c1-3-6-13-10-5-4-8(2)11-9(10)7-12/h3-5,7H,1,6H2,2H3. The van der Waals surface area contributed by atoms with Gasteiger partial charge in [-0.3, -0.25) is 4.79 Å². The number of carbonyl (C=O) groups excluding carboxylic acids is 1. The fourth-order valence-corrected chi connectivity index (χ4v) is 0.919. The highest BCUT2D eigenvalue weighted by atomic mass is 16.5. The first-order valence-corrected chi connectivity index (χ1v) is 3.94. The van der Waals surface area contributed by atoms with E-state index in [9.17, 15) is 4.79 Å². The summed E-state index contributed by atoms with van der Waals surface area (Å²) in [6, 6.07) is 3.53. The van der Waals surface area contributed by atoms with Crippen LogP contribution in [0, 0.1) is 6.92 Å². The molecule has 68 valence electrons. The number of aromatic nitrogens is 1. The van der Waals surface area contributed by atoms with Crippen molar-refractivity contribution in [2.75, 3.05) is 6.61 Å². The lowest BCUT2D eigenvalue weighted by atomic mass is 10.3. The highest BCUT2D eigenvalue weighted by molar-refractivity contribution is 5.76. The Morgan fingerprint density at radius 2 is 2.38 bits per heavy atom. The van der Waals surface area contributed by atoms with Crippen molar-refractivity contribution in [3.05, 3.63) is 36.2 Å². The molecule has 0 spiro atoms. The van der Waals surface area contributed by atoms with E-state index < -0.39 is 0 Å². The lowest BCUT2D eigenvalue weighted by Gasteiger charge is -2.05. The predicted octanol–water partition coefficient (Wildman–Crippen LogP) is 1.77. The Balaban J connectivity index is 2.91. The molecule has 0 N–H and O–H groups in total. The maximum atomic E-state index is 10.6. The second kappa shape index (κ2) is 4.40. The summed E-state index contributed by atoms with van der Waals surface area (Å²) in [5, 5.41) is 0. The predicted molar refractivity (Wildman–Crippen MR) is 50.1 cm³/mol. The van der Waals surface area contributed by atoms with Crippen LogP contribution in [0.1, 0.15) is 16.2 Å². The van der Waals surface area contributed by atoms with Gasteiger partial charge in [-0.05, 0) is 19.1 Å². The minimum absolute atomic E-state index is 0.335. The van der Waals surface area contributed by atoms with Crippen LogP contribution in [-0.4, -0.2) is 17.9 Å². The molecule has 3 nitrogen and oxygen atoms in total. The van der Waals surface area contributed by atoms with Gasteiger partial charge in [0.25, 0.3) is 0 Å². The fourth-order valence-electron chi connectivity index (χ4n) is 0.919. The summed E-state index contributed by atoms with van der Waals surface area (Å²) >= 11 is 0. The summed E-state index contributed by atoms with van der Waals surface area (Å²) in [4.78, 5) is 14.6. The van der Waals surface area contributed by atoms with Crippen LogP contribution in [0.15, 0.2) is 24.8 Å². The van der Waals surface area contributed by atoms with E-state index in [1.165, 1.54) is 0 Å². The Morgan fingerprint density at radius 1 is 1.62 bits per heavy atom. The van der Waals surface area contributed by atoms with Gasteiger partial charge in [0, 0.05) is 5.69 Å². The van der Waals surface area contributed by atoms with Crippen LogP contribution < -0.4 is 4.74 Å². The van der Waals surface area contributed by atoms with Gasteiger partial charge < -0.3 is 4.74 Å². The molecule has 0 aliphatic heterocycles. The van der Waals surface area contributed by atoms with Gasteiger partial charge in [0.2, 0.25) is 0 Å². The van der Waals surface area contributed by atoms with E-state index in [-0.39, 0.29) is 0 Å². The number of pyridine rings is 1. The molecule has 0 radical (unpaired) electrons. The SMILES string of the molecule is C=CCOc1ccc(C)nc1C=O. The molecular weight excluding hydrogens is 166 g/mol. The first-order valence-electron chi connectivity index (χ1n) is 3.94. The average Bonchev–Trinajstić information content (AvgIpc) is 2.16. The van der Waals surface area contributed by atoms with Crippen LogP contribution in [0.2, 0.25) is 0 Å². The van der Waals surface area contributed by atoms with Gasteiger partial charge in [0.05, 0.1) is 0 Å². The van der Waals surface area contributed by atoms with Gasteiger partial charge in [-0.2, -0.15) is 0 Å². The van der Waals surface area contributed by atoms with Gasteiger partial charge in [-0.1, -0.05) is 12.7 Å². The molecule has 0 saturated carbocycles. The van der Waals surface area contributed by atoms with E-state index in [4.69, 9.17) is 4.74 Å². The van der Waals surface area contributed by atoms with E-state index >= 15 is 0 Å². The number of aldehydes is 1. The molecule has 1 heterocycles. The number of hydrogen-bond donors (Lipinski definition) is 0. The number of rotatable bonds is 4. The van der Waals surface area contributed by atoms with Crippen molar-refractivity contribution < 1.29 is 9.53 Å². The third-order valence-corrected chi connectivity index (χ3v) is 1.49. The van der Waals surface area contributed by atoms with Crippen LogP contribution in [0.25, 0.3) is 0 Å². The Bertz CT molecular complexity index is 321. The lowest BCUT2D eigenvalue weighted by Crippen LogP contribution is -1.99. The Labute approximate surface area is 77.1 Å². The van der Waals surface area contributed by atoms with Crippen molar-refractivity contribution in [1.29, 1.82) is 0 Å². The number of ether oxygens (including phenoxy) is 1. The molecule has 0 aromatic carbocycles. The molecule has 0 unspecified atom stereocenters. The fraction of sp³-hybridized carbons (Fsp3) is 0.200. The maximum Gasteiger partial charge on any atom is 0.172 e. The third-order valence-electron chi connectivity index (χ3n) is 1.49. The van der Waals surface area contributed by atoms with E-state index in [2.05, 4.69) is 11.6 Å². The minimum atomic E-state index is 0.335. The van der Waals surface area contributed by atoms with Gasteiger partial charge >= 0.3 is 0 Å². The second-order valence-corrected chi connectivity index (χ2v) is 2.55. The quantitative estimate of drug-likeness (QED) is 0.519. The zero-order valence-electron chi connectivity index (χ0n) is 7.49. The van der Waals surface area contributed by atoms with Crippen molar-refractivity contribution in [3.8, 4) is 5.75 Å². The first kappa shape index (κ1) is 9.45. The number of carbonyl (C=O) groups is 1. The molecular formula is C10H11NO2. The normalized spacial score (nSPS) is 9.31. The highest BCUT2D eigenvalue weighted by Crippen LogP contribution is 2.14. The van der Waals surface area contributed by atoms with E-state index in [0.29, 0.717) is 24.3 Å². The highest BCUT2D eigenvalue weighted by Gasteiger charge is 2.03. The monoisotopic (exact) mass is 177 g/mol. The van der Waals surface area contributed by atoms with Crippen LogP contribution in [0.3, 0.4) is 0 Å². The molecule has 3 heteroatoms. The van der Waals surface area contributed by atoms with Crippen molar-refractivity contribution in [1.82, 2.24) is 4.98 Å². The van der Waals surface area contributed by atoms with Gasteiger partial charge in [0.1, 0.15) is 18.1 Å².